The minimum atomic E-state index is -4.69. The smallest absolute Gasteiger partial charge is 0.404 e. The molecule has 0 amide bonds. The summed E-state index contributed by atoms with van der Waals surface area (Å²) in [7, 11) is 0. The van der Waals surface area contributed by atoms with Gasteiger partial charge in [0.15, 0.2) is 16.9 Å². The molecule has 0 spiro atoms. The number of fused-ring (bicyclic) bond motifs is 1. The lowest BCUT2D eigenvalue weighted by Gasteiger charge is -2.63. The van der Waals surface area contributed by atoms with Gasteiger partial charge in [-0.2, -0.15) is 26.3 Å². The van der Waals surface area contributed by atoms with Gasteiger partial charge in [0, 0.05) is 24.7 Å². The van der Waals surface area contributed by atoms with E-state index < -0.39 is 82.8 Å². The van der Waals surface area contributed by atoms with Crippen LogP contribution in [0.1, 0.15) is 196 Å². The van der Waals surface area contributed by atoms with Crippen LogP contribution < -0.4 is 0 Å². The number of ether oxygens (including phenoxy) is 5. The summed E-state index contributed by atoms with van der Waals surface area (Å²) in [6.07, 6.45) is -0.403. The van der Waals surface area contributed by atoms with Crippen molar-refractivity contribution in [2.75, 3.05) is 13.2 Å². The SMILES string of the molecule is C.C.C.C.C.C.CCC(C)(C(=O)OC(C)(C)C12CC3CC(CC(C3)C1)C2)C(F)(F)F.CCC(C)(C(=O)OC1COC2C(O)COC12)C(F)(F)F.CCC(C)OC12CC3CC(O)(CC(O)(C3)C1)C2. The summed E-state index contributed by atoms with van der Waals surface area (Å²) in [5.74, 6) is -0.0199. The molecule has 2 aliphatic heterocycles. The first-order valence-corrected chi connectivity index (χ1v) is 22.6. The third kappa shape index (κ3) is 12.5. The van der Waals surface area contributed by atoms with Crippen molar-refractivity contribution in [1.29, 1.82) is 0 Å². The molecular formula is C51H94F6O10. The average Bonchev–Trinajstić information content (AvgIpc) is 3.69. The van der Waals surface area contributed by atoms with Gasteiger partial charge in [-0.25, -0.2) is 0 Å². The van der Waals surface area contributed by atoms with E-state index >= 15 is 0 Å². The van der Waals surface area contributed by atoms with Crippen molar-refractivity contribution in [3.05, 3.63) is 0 Å². The Balaban J connectivity index is 0.000000945. The molecule has 0 aromatic carbocycles. The van der Waals surface area contributed by atoms with E-state index in [1.54, 1.807) is 0 Å². The number of esters is 2. The molecule has 8 bridgehead atoms. The van der Waals surface area contributed by atoms with E-state index in [1.807, 2.05) is 13.8 Å². The molecule has 8 aliphatic carbocycles. The van der Waals surface area contributed by atoms with Crippen molar-refractivity contribution in [1.82, 2.24) is 0 Å². The minimum Gasteiger partial charge on any atom is -0.458 e. The molecular weight excluding hydrogens is 887 g/mol. The van der Waals surface area contributed by atoms with Gasteiger partial charge in [0.25, 0.3) is 0 Å². The molecule has 67 heavy (non-hydrogen) atoms. The van der Waals surface area contributed by atoms with E-state index in [0.717, 1.165) is 71.6 Å². The van der Waals surface area contributed by atoms with Crippen LogP contribution in [0.2, 0.25) is 0 Å². The Morgan fingerprint density at radius 1 is 0.642 bits per heavy atom. The molecule has 10 fully saturated rings. The second-order valence-electron chi connectivity index (χ2n) is 21.5. The summed E-state index contributed by atoms with van der Waals surface area (Å²) in [6, 6.07) is 0. The van der Waals surface area contributed by atoms with Crippen molar-refractivity contribution >= 4 is 11.9 Å². The van der Waals surface area contributed by atoms with E-state index in [4.69, 9.17) is 23.7 Å². The number of aliphatic hydroxyl groups excluding tert-OH is 1. The molecule has 8 saturated carbocycles. The van der Waals surface area contributed by atoms with E-state index in [0.29, 0.717) is 30.1 Å². The monoisotopic (exact) mass is 981 g/mol. The first kappa shape index (κ1) is 65.3. The molecule has 400 valence electrons. The molecule has 10 nitrogen and oxygen atoms in total. The summed E-state index contributed by atoms with van der Waals surface area (Å²) in [4.78, 5) is 24.4. The third-order valence-electron chi connectivity index (χ3n) is 16.5. The molecule has 9 unspecified atom stereocenters. The molecule has 2 saturated heterocycles. The van der Waals surface area contributed by atoms with Crippen LogP contribution in [0.15, 0.2) is 0 Å². The Bertz CT molecular complexity index is 1550. The normalized spacial score (nSPS) is 38.2. The fourth-order valence-corrected chi connectivity index (χ4v) is 12.9. The molecule has 9 atom stereocenters. The van der Waals surface area contributed by atoms with Crippen molar-refractivity contribution in [2.45, 2.75) is 262 Å². The zero-order valence-corrected chi connectivity index (χ0v) is 37.2. The van der Waals surface area contributed by atoms with Gasteiger partial charge < -0.3 is 39.0 Å². The predicted octanol–water partition coefficient (Wildman–Crippen LogP) is 12.4. The van der Waals surface area contributed by atoms with Gasteiger partial charge in [-0.3, -0.25) is 9.59 Å². The van der Waals surface area contributed by atoms with E-state index in [1.165, 1.54) is 33.1 Å². The fraction of sp³-hybridized carbons (Fsp3) is 0.961. The van der Waals surface area contributed by atoms with Crippen LogP contribution in [0.25, 0.3) is 0 Å². The van der Waals surface area contributed by atoms with E-state index in [2.05, 4.69) is 13.8 Å². The van der Waals surface area contributed by atoms with Gasteiger partial charge in [-0.1, -0.05) is 65.3 Å². The van der Waals surface area contributed by atoms with Crippen LogP contribution in [-0.4, -0.2) is 106 Å². The van der Waals surface area contributed by atoms with Crippen LogP contribution >= 0.6 is 0 Å². The maximum absolute atomic E-state index is 13.4. The Morgan fingerprint density at radius 2 is 1.07 bits per heavy atom. The lowest BCUT2D eigenvalue weighted by molar-refractivity contribution is -0.276. The van der Waals surface area contributed by atoms with Gasteiger partial charge in [-0.05, 0) is 135 Å². The van der Waals surface area contributed by atoms with E-state index in [9.17, 15) is 51.3 Å². The van der Waals surface area contributed by atoms with Gasteiger partial charge in [0.05, 0.1) is 36.1 Å². The lowest BCUT2D eigenvalue weighted by atomic mass is 9.46. The van der Waals surface area contributed by atoms with Crippen LogP contribution in [0.5, 0.6) is 0 Å². The maximum Gasteiger partial charge on any atom is 0.404 e. The van der Waals surface area contributed by atoms with E-state index in [-0.39, 0.29) is 81.3 Å². The van der Waals surface area contributed by atoms with Crippen LogP contribution in [0.4, 0.5) is 26.3 Å². The predicted molar refractivity (Wildman–Crippen MR) is 250 cm³/mol. The Morgan fingerprint density at radius 3 is 1.48 bits per heavy atom. The number of carbonyl (C=O) groups is 2. The highest BCUT2D eigenvalue weighted by atomic mass is 19.4. The first-order valence-electron chi connectivity index (χ1n) is 22.6. The topological polar surface area (TPSA) is 141 Å². The summed E-state index contributed by atoms with van der Waals surface area (Å²) in [5, 5.41) is 30.7. The molecule has 0 aromatic heterocycles. The van der Waals surface area contributed by atoms with Crippen molar-refractivity contribution in [3.63, 3.8) is 0 Å². The summed E-state index contributed by atoms with van der Waals surface area (Å²) < 4.78 is 106. The second-order valence-corrected chi connectivity index (χ2v) is 21.5. The molecule has 2 heterocycles. The number of alkyl halides is 6. The summed E-state index contributed by atoms with van der Waals surface area (Å²) in [6.45, 7) is 12.3. The van der Waals surface area contributed by atoms with Crippen molar-refractivity contribution < 1.29 is 74.9 Å². The third-order valence-corrected chi connectivity index (χ3v) is 16.5. The summed E-state index contributed by atoms with van der Waals surface area (Å²) >= 11 is 0. The quantitative estimate of drug-likeness (QED) is 0.143. The second kappa shape index (κ2) is 22.4. The molecule has 10 aliphatic rings. The highest BCUT2D eigenvalue weighted by molar-refractivity contribution is 5.78. The van der Waals surface area contributed by atoms with Gasteiger partial charge >= 0.3 is 24.3 Å². The first-order chi connectivity index (χ1) is 28.0. The lowest BCUT2D eigenvalue weighted by Crippen LogP contribution is -2.67. The Kier molecular flexibility index (Phi) is 21.8. The Hall–Kier alpha value is -1.72. The summed E-state index contributed by atoms with van der Waals surface area (Å²) in [5.41, 5.74) is -7.55. The van der Waals surface area contributed by atoms with Gasteiger partial charge in [0.2, 0.25) is 0 Å². The van der Waals surface area contributed by atoms with Crippen molar-refractivity contribution in [3.8, 4) is 0 Å². The number of aliphatic hydroxyl groups is 3. The maximum atomic E-state index is 13.4. The number of rotatable bonds is 10. The molecule has 0 radical (unpaired) electrons. The zero-order chi connectivity index (χ0) is 45.4. The fourth-order valence-electron chi connectivity index (χ4n) is 12.9. The molecule has 16 heteroatoms. The molecule has 0 aromatic rings. The average molecular weight is 981 g/mol. The highest BCUT2D eigenvalue weighted by Gasteiger charge is 2.65. The van der Waals surface area contributed by atoms with Gasteiger partial charge in [0.1, 0.15) is 23.9 Å². The van der Waals surface area contributed by atoms with Crippen LogP contribution in [0, 0.1) is 39.9 Å². The Labute approximate surface area is 400 Å². The van der Waals surface area contributed by atoms with Crippen LogP contribution in [-0.2, 0) is 33.3 Å². The molecule has 10 rings (SSSR count). The number of hydrogen-bond acceptors (Lipinski definition) is 10. The molecule has 3 N–H and O–H groups in total. The minimum absolute atomic E-state index is 0. The number of hydrogen-bond donors (Lipinski definition) is 3. The number of halogens is 6. The number of carbonyl (C=O) groups excluding carboxylic acids is 2. The highest BCUT2D eigenvalue weighted by Crippen LogP contribution is 2.65. The van der Waals surface area contributed by atoms with Crippen LogP contribution in [0.3, 0.4) is 0 Å². The standard InChI is InChI=1S/C19H29F3O2.C14H24O3.C12H17F3O5.6CH4/c1-5-17(4,19(20,21)22)15(23)24-16(2,3)18-9-12-6-13(10-18)8-14(7-12)11-18;1-3-10(2)17-14-6-11-4-12(15,8-14)7-13(16,5-11)9-14;1-3-11(2,12(13,14)15)10(17)20-7-5-19-8-6(16)4-18-9(7)8;;;;;;/h12-14H,5-11H2,1-4H3;10-11,15-16H,3-9H2,1-2H3;6-9,16H,3-5H2,1-2H3;6*1H4. The van der Waals surface area contributed by atoms with Crippen molar-refractivity contribution in [2.24, 2.45) is 39.9 Å². The zero-order valence-electron chi connectivity index (χ0n) is 37.2. The largest absolute Gasteiger partial charge is 0.458 e. The van der Waals surface area contributed by atoms with Gasteiger partial charge in [-0.15, -0.1) is 0 Å².